The van der Waals surface area contributed by atoms with Crippen LogP contribution in [-0.2, 0) is 6.42 Å². The Morgan fingerprint density at radius 1 is 0.408 bits per heavy atom. The van der Waals surface area contributed by atoms with E-state index in [1.165, 1.54) is 138 Å². The third kappa shape index (κ3) is 18.1. The van der Waals surface area contributed by atoms with E-state index in [2.05, 4.69) is 13.8 Å². The van der Waals surface area contributed by atoms with E-state index < -0.39 is 23.9 Å². The van der Waals surface area contributed by atoms with Gasteiger partial charge in [0.1, 0.15) is 33.6 Å². The number of hydrogen-bond donors (Lipinski definition) is 0. The Labute approximate surface area is 425 Å². The van der Waals surface area contributed by atoms with Crippen molar-refractivity contribution in [3.63, 3.8) is 0 Å². The molecule has 0 bridgehead atoms. The third-order valence-corrected chi connectivity index (χ3v) is 13.8. The van der Waals surface area contributed by atoms with Gasteiger partial charge in [-0.25, -0.2) is 19.2 Å². The lowest BCUT2D eigenvalue weighted by Crippen LogP contribution is -2.11. The van der Waals surface area contributed by atoms with Crippen LogP contribution in [0, 0.1) is 6.92 Å². The molecule has 0 aliphatic carbocycles. The minimum Gasteiger partial charge on any atom is -0.494 e. The van der Waals surface area contributed by atoms with E-state index in [1.54, 1.807) is 78.9 Å². The number of carbonyl (C=O) groups is 4. The van der Waals surface area contributed by atoms with Gasteiger partial charge in [0.15, 0.2) is 0 Å². The quantitative estimate of drug-likeness (QED) is 0.0239. The first-order valence-electron chi connectivity index (χ1n) is 26.1. The van der Waals surface area contributed by atoms with Crippen LogP contribution in [-0.4, -0.2) is 30.5 Å². The fourth-order valence-corrected chi connectivity index (χ4v) is 9.37. The summed E-state index contributed by atoms with van der Waals surface area (Å²) in [6.45, 7) is 6.97. The van der Waals surface area contributed by atoms with Crippen molar-refractivity contribution < 1.29 is 42.9 Å². The maximum atomic E-state index is 13.3. The average molecular weight is 981 g/mol. The highest BCUT2D eigenvalue weighted by Gasteiger charge is 2.17. The minimum atomic E-state index is -0.593. The van der Waals surface area contributed by atoms with Crippen LogP contribution in [0.3, 0.4) is 0 Å². The number of esters is 4. The summed E-state index contributed by atoms with van der Waals surface area (Å²) in [5, 5.41) is 1.60. The topological polar surface area (TPSA) is 114 Å². The molecule has 0 N–H and O–H groups in total. The zero-order valence-corrected chi connectivity index (χ0v) is 42.9. The first-order chi connectivity index (χ1) is 34.7. The molecule has 1 aromatic heterocycles. The normalized spacial score (nSPS) is 11.1. The second kappa shape index (κ2) is 29.8. The van der Waals surface area contributed by atoms with E-state index in [-0.39, 0.29) is 16.9 Å². The number of unbranched alkanes of at least 4 members (excludes halogenated alkanes) is 18. The van der Waals surface area contributed by atoms with Gasteiger partial charge >= 0.3 is 23.9 Å². The molecule has 0 atom stereocenters. The van der Waals surface area contributed by atoms with Crippen molar-refractivity contribution >= 4 is 46.0 Å². The highest BCUT2D eigenvalue weighted by molar-refractivity contribution is 7.13. The van der Waals surface area contributed by atoms with Crippen molar-refractivity contribution in [3.05, 3.63) is 147 Å². The Morgan fingerprint density at radius 3 is 1.37 bits per heavy atom. The van der Waals surface area contributed by atoms with E-state index >= 15 is 0 Å². The van der Waals surface area contributed by atoms with Gasteiger partial charge in [0.25, 0.3) is 0 Å². The lowest BCUT2D eigenvalue weighted by Gasteiger charge is -2.12. The fourth-order valence-electron chi connectivity index (χ4n) is 8.44. The Morgan fingerprint density at radius 2 is 0.831 bits per heavy atom. The summed E-state index contributed by atoms with van der Waals surface area (Å²) < 4.78 is 28.6. The van der Waals surface area contributed by atoms with Crippen molar-refractivity contribution in [2.75, 3.05) is 6.61 Å². The predicted octanol–water partition coefficient (Wildman–Crippen LogP) is 16.8. The molecule has 0 aliphatic heterocycles. The summed E-state index contributed by atoms with van der Waals surface area (Å²) in [5.41, 5.74) is 1.62. The maximum absolute atomic E-state index is 13.3. The van der Waals surface area contributed by atoms with Crippen LogP contribution >= 0.6 is 11.3 Å². The van der Waals surface area contributed by atoms with E-state index in [0.717, 1.165) is 36.5 Å². The molecule has 0 saturated carbocycles. The molecule has 0 radical (unpaired) electrons. The number of benzene rings is 5. The molecule has 0 unspecified atom stereocenters. The molecule has 10 heteroatoms. The van der Waals surface area contributed by atoms with E-state index in [9.17, 15) is 19.2 Å². The van der Waals surface area contributed by atoms with E-state index in [4.69, 9.17) is 23.7 Å². The zero-order chi connectivity index (χ0) is 50.0. The van der Waals surface area contributed by atoms with Crippen LogP contribution in [0.1, 0.15) is 193 Å². The molecular weight excluding hydrogens is 909 g/mol. The number of carbonyl (C=O) groups excluding carboxylic acids is 4. The van der Waals surface area contributed by atoms with Gasteiger partial charge in [-0.3, -0.25) is 0 Å². The van der Waals surface area contributed by atoms with Crippen molar-refractivity contribution in [2.45, 2.75) is 156 Å². The Bertz CT molecular complexity index is 2580. The number of thiophene rings is 1. The monoisotopic (exact) mass is 980 g/mol. The molecule has 5 aromatic carbocycles. The summed E-state index contributed by atoms with van der Waals surface area (Å²) in [6, 6.07) is 32.0. The molecule has 0 spiro atoms. The second-order valence-corrected chi connectivity index (χ2v) is 19.6. The molecule has 9 nitrogen and oxygen atoms in total. The molecule has 0 fully saturated rings. The van der Waals surface area contributed by atoms with Gasteiger partial charge in [0, 0.05) is 4.88 Å². The lowest BCUT2D eigenvalue weighted by atomic mass is 10.0. The molecule has 1 heterocycles. The van der Waals surface area contributed by atoms with E-state index in [0.29, 0.717) is 45.6 Å². The van der Waals surface area contributed by atoms with E-state index in [1.807, 2.05) is 31.2 Å². The SMILES string of the molecule is CCCCCCCCCCCCOc1ccc(C(=O)Oc2ccc(C(=O)Oc3ccc4ccc(OC(=O)c5ccc(OC(=O)c6ccc(CCCCCCCCCCCC)s6)cc5)c(C)c4c3)cc2)cc1. The summed E-state index contributed by atoms with van der Waals surface area (Å²) in [5.74, 6) is -0.135. The average Bonchev–Trinajstić information content (AvgIpc) is 3.87. The van der Waals surface area contributed by atoms with Crippen LogP contribution in [0.5, 0.6) is 28.7 Å². The summed E-state index contributed by atoms with van der Waals surface area (Å²) in [7, 11) is 0. The van der Waals surface area contributed by atoms with Crippen LogP contribution in [0.15, 0.2) is 115 Å². The third-order valence-electron chi connectivity index (χ3n) is 12.7. The molecule has 6 rings (SSSR count). The minimum absolute atomic E-state index is 0.268. The molecule has 0 saturated heterocycles. The number of aryl methyl sites for hydroxylation is 2. The highest BCUT2D eigenvalue weighted by Crippen LogP contribution is 2.32. The van der Waals surface area contributed by atoms with Crippen molar-refractivity contribution in [1.29, 1.82) is 0 Å². The Balaban J connectivity index is 0.914. The van der Waals surface area contributed by atoms with Gasteiger partial charge in [-0.05, 0) is 146 Å². The van der Waals surface area contributed by atoms with Gasteiger partial charge in [-0.2, -0.15) is 0 Å². The first kappa shape index (κ1) is 54.1. The summed E-state index contributed by atoms with van der Waals surface area (Å²) >= 11 is 1.47. The standard InChI is InChI=1S/C61H72O9S/c1-4-6-8-10-12-14-16-18-20-22-24-54-40-42-57(71-54)61(65)68-52-37-30-49(31-38-52)60(64)70-56-41-32-46-25-39-53(44-55(46)45(56)3)69-59(63)48-28-35-51(36-29-48)67-58(62)47-26-33-50(34-27-47)66-43-23-21-19-17-15-13-11-9-7-5-2/h25-42,44H,4-24,43H2,1-3H3. The largest absolute Gasteiger partial charge is 0.494 e. The predicted molar refractivity (Wildman–Crippen MR) is 285 cm³/mol. The van der Waals surface area contributed by atoms with Crippen LogP contribution in [0.25, 0.3) is 10.8 Å². The Hall–Kier alpha value is -6.26. The fraction of sp³-hybridized carbons (Fsp3) is 0.410. The highest BCUT2D eigenvalue weighted by atomic mass is 32.1. The maximum Gasteiger partial charge on any atom is 0.353 e. The molecule has 376 valence electrons. The number of hydrogen-bond acceptors (Lipinski definition) is 10. The Kier molecular flexibility index (Phi) is 22.7. The lowest BCUT2D eigenvalue weighted by molar-refractivity contribution is 0.0721. The van der Waals surface area contributed by atoms with Crippen molar-refractivity contribution in [3.8, 4) is 28.7 Å². The van der Waals surface area contributed by atoms with Gasteiger partial charge in [0.05, 0.1) is 23.3 Å². The summed E-state index contributed by atoms with van der Waals surface area (Å²) in [4.78, 5) is 54.0. The smallest absolute Gasteiger partial charge is 0.353 e. The zero-order valence-electron chi connectivity index (χ0n) is 42.1. The van der Waals surface area contributed by atoms with Gasteiger partial charge in [-0.1, -0.05) is 142 Å². The van der Waals surface area contributed by atoms with Gasteiger partial charge in [-0.15, -0.1) is 11.3 Å². The number of fused-ring (bicyclic) bond motifs is 1. The number of rotatable bonds is 31. The van der Waals surface area contributed by atoms with Gasteiger partial charge in [0.2, 0.25) is 0 Å². The molecule has 0 aliphatic rings. The second-order valence-electron chi connectivity index (χ2n) is 18.4. The summed E-state index contributed by atoms with van der Waals surface area (Å²) in [6.07, 6.45) is 26.5. The molecule has 6 aromatic rings. The number of ether oxygens (including phenoxy) is 5. The van der Waals surface area contributed by atoms with Crippen molar-refractivity contribution in [1.82, 2.24) is 0 Å². The molecule has 0 amide bonds. The van der Waals surface area contributed by atoms with Crippen molar-refractivity contribution in [2.24, 2.45) is 0 Å². The molecular formula is C61H72O9S. The molecule has 71 heavy (non-hydrogen) atoms. The van der Waals surface area contributed by atoms with Crippen LogP contribution < -0.4 is 23.7 Å². The first-order valence-corrected chi connectivity index (χ1v) is 27.0. The van der Waals surface area contributed by atoms with Crippen LogP contribution in [0.4, 0.5) is 0 Å². The van der Waals surface area contributed by atoms with Gasteiger partial charge < -0.3 is 23.7 Å². The van der Waals surface area contributed by atoms with Crippen LogP contribution in [0.2, 0.25) is 0 Å².